The maximum atomic E-state index is 13.2. The van der Waals surface area contributed by atoms with Crippen LogP contribution in [0.2, 0.25) is 0 Å². The van der Waals surface area contributed by atoms with Crippen molar-refractivity contribution in [2.24, 2.45) is 7.05 Å². The number of ether oxygens (including phenoxy) is 1. The van der Waals surface area contributed by atoms with Crippen molar-refractivity contribution in [3.05, 3.63) is 24.0 Å². The van der Waals surface area contributed by atoms with Gasteiger partial charge in [-0.1, -0.05) is 12.2 Å². The second-order valence-corrected chi connectivity index (χ2v) is 8.61. The molecule has 188 valence electrons. The molecule has 0 bridgehead atoms. The normalized spacial score (nSPS) is 12.4. The van der Waals surface area contributed by atoms with Crippen molar-refractivity contribution in [1.82, 2.24) is 20.5 Å². The van der Waals surface area contributed by atoms with E-state index in [9.17, 15) is 19.2 Å². The van der Waals surface area contributed by atoms with Gasteiger partial charge in [0.2, 0.25) is 11.8 Å². The van der Waals surface area contributed by atoms with Crippen LogP contribution in [0.4, 0.5) is 0 Å². The zero-order chi connectivity index (χ0) is 25.7. The van der Waals surface area contributed by atoms with Crippen LogP contribution < -0.4 is 16.0 Å². The standard InChI is InChI=1S/C23H35N5O5S/c1-15(2)33-23(32)19(11-10-17(30)14-24)26-21(31)18(8-5-6-12-25-16(3)29)27-22(34)20-9-7-13-28(20)4/h7,9,13-15,18-19,24H,5-6,8,10-12H2,1-4H3,(H,25,29)(H,26,31)(H,27,34)/t18-,19-/m0/s1. The third kappa shape index (κ3) is 10.7. The molecule has 0 aliphatic carbocycles. The number of thiocarbonyl (C=S) groups is 1. The molecule has 0 spiro atoms. The summed E-state index contributed by atoms with van der Waals surface area (Å²) in [6.07, 6.45) is 3.76. The van der Waals surface area contributed by atoms with Crippen LogP contribution in [-0.4, -0.2) is 64.1 Å². The van der Waals surface area contributed by atoms with Gasteiger partial charge in [0.1, 0.15) is 17.1 Å². The molecule has 0 aliphatic rings. The number of nitrogens with zero attached hydrogens (tertiary/aromatic N) is 1. The summed E-state index contributed by atoms with van der Waals surface area (Å²) in [5.41, 5.74) is 0.735. The lowest BCUT2D eigenvalue weighted by Crippen LogP contribution is -2.52. The smallest absolute Gasteiger partial charge is 0.328 e. The zero-order valence-electron chi connectivity index (χ0n) is 20.2. The third-order valence-electron chi connectivity index (χ3n) is 4.88. The largest absolute Gasteiger partial charge is 0.461 e. The SMILES string of the molecule is CC(=O)NCCCC[C@H](NC(=S)c1cccn1C)C(=O)N[C@@H](CCC(=O)C=N)C(=O)OC(C)C. The Labute approximate surface area is 205 Å². The number of amides is 2. The summed E-state index contributed by atoms with van der Waals surface area (Å²) in [4.78, 5) is 48.7. The molecule has 4 N–H and O–H groups in total. The predicted molar refractivity (Wildman–Crippen MR) is 133 cm³/mol. The molecule has 0 radical (unpaired) electrons. The predicted octanol–water partition coefficient (Wildman–Crippen LogP) is 1.40. The van der Waals surface area contributed by atoms with Gasteiger partial charge >= 0.3 is 5.97 Å². The van der Waals surface area contributed by atoms with Crippen molar-refractivity contribution in [3.63, 3.8) is 0 Å². The first-order valence-corrected chi connectivity index (χ1v) is 11.7. The molecule has 1 aromatic heterocycles. The highest BCUT2D eigenvalue weighted by atomic mass is 32.1. The average molecular weight is 494 g/mol. The average Bonchev–Trinajstić information content (AvgIpc) is 3.20. The number of hydrogen-bond donors (Lipinski definition) is 4. The van der Waals surface area contributed by atoms with E-state index in [4.69, 9.17) is 22.4 Å². The van der Waals surface area contributed by atoms with E-state index in [2.05, 4.69) is 16.0 Å². The Bertz CT molecular complexity index is 883. The Hall–Kier alpha value is -3.08. The first-order chi connectivity index (χ1) is 16.0. The van der Waals surface area contributed by atoms with E-state index in [-0.39, 0.29) is 18.7 Å². The molecule has 0 saturated heterocycles. The van der Waals surface area contributed by atoms with Crippen LogP contribution in [0.3, 0.4) is 0 Å². The van der Waals surface area contributed by atoms with Gasteiger partial charge in [-0.3, -0.25) is 14.4 Å². The second-order valence-electron chi connectivity index (χ2n) is 8.21. The van der Waals surface area contributed by atoms with Gasteiger partial charge < -0.3 is 30.7 Å². The van der Waals surface area contributed by atoms with Crippen LogP contribution in [0, 0.1) is 5.41 Å². The van der Waals surface area contributed by atoms with Gasteiger partial charge in [-0.05, 0) is 51.7 Å². The van der Waals surface area contributed by atoms with Gasteiger partial charge in [0, 0.05) is 33.1 Å². The number of hydrogen-bond acceptors (Lipinski definition) is 7. The number of rotatable bonds is 15. The van der Waals surface area contributed by atoms with Gasteiger partial charge in [0.05, 0.1) is 18.0 Å². The highest BCUT2D eigenvalue weighted by Crippen LogP contribution is 2.09. The lowest BCUT2D eigenvalue weighted by atomic mass is 10.1. The number of unbranched alkanes of at least 4 members (excludes halogenated alkanes) is 1. The monoisotopic (exact) mass is 493 g/mol. The Morgan fingerprint density at radius 2 is 1.85 bits per heavy atom. The van der Waals surface area contributed by atoms with Crippen molar-refractivity contribution >= 4 is 47.0 Å². The number of ketones is 1. The Kier molecular flexibility index (Phi) is 12.7. The zero-order valence-corrected chi connectivity index (χ0v) is 21.0. The van der Waals surface area contributed by atoms with Gasteiger partial charge in [0.25, 0.3) is 0 Å². The molecule has 1 aromatic rings. The van der Waals surface area contributed by atoms with E-state index in [1.54, 1.807) is 13.8 Å². The van der Waals surface area contributed by atoms with Crippen molar-refractivity contribution in [2.45, 2.75) is 71.1 Å². The second kappa shape index (κ2) is 14.9. The van der Waals surface area contributed by atoms with E-state index >= 15 is 0 Å². The van der Waals surface area contributed by atoms with Gasteiger partial charge in [0.15, 0.2) is 5.78 Å². The number of Topliss-reactive ketones (excluding diaryl/α,β-unsaturated/α-hetero) is 1. The van der Waals surface area contributed by atoms with Crippen molar-refractivity contribution in [2.75, 3.05) is 6.54 Å². The summed E-state index contributed by atoms with van der Waals surface area (Å²) >= 11 is 5.49. The van der Waals surface area contributed by atoms with E-state index in [0.717, 1.165) is 5.69 Å². The maximum Gasteiger partial charge on any atom is 0.328 e. The third-order valence-corrected chi connectivity index (χ3v) is 5.21. The lowest BCUT2D eigenvalue weighted by molar-refractivity contribution is -0.151. The molecular weight excluding hydrogens is 458 g/mol. The molecule has 34 heavy (non-hydrogen) atoms. The molecule has 11 heteroatoms. The van der Waals surface area contributed by atoms with E-state index in [1.807, 2.05) is 29.9 Å². The molecule has 0 saturated carbocycles. The summed E-state index contributed by atoms with van der Waals surface area (Å²) in [5.74, 6) is -1.67. The fraction of sp³-hybridized carbons (Fsp3) is 0.565. The van der Waals surface area contributed by atoms with Crippen LogP contribution in [-0.2, 0) is 31.0 Å². The number of carbonyl (C=O) groups excluding carboxylic acids is 4. The minimum Gasteiger partial charge on any atom is -0.461 e. The molecule has 2 atom stereocenters. The Balaban J connectivity index is 2.94. The molecule has 0 aliphatic heterocycles. The van der Waals surface area contributed by atoms with E-state index in [0.29, 0.717) is 37.0 Å². The Morgan fingerprint density at radius 3 is 2.41 bits per heavy atom. The number of carbonyl (C=O) groups is 4. The molecule has 0 fully saturated rings. The first-order valence-electron chi connectivity index (χ1n) is 11.3. The summed E-state index contributed by atoms with van der Waals surface area (Å²) < 4.78 is 7.06. The molecule has 1 heterocycles. The highest BCUT2D eigenvalue weighted by molar-refractivity contribution is 7.80. The molecular formula is C23H35N5O5S. The molecule has 0 aromatic carbocycles. The summed E-state index contributed by atoms with van der Waals surface area (Å²) in [7, 11) is 1.84. The van der Waals surface area contributed by atoms with E-state index in [1.165, 1.54) is 6.92 Å². The molecule has 1 rings (SSSR count). The van der Waals surface area contributed by atoms with Gasteiger partial charge in [-0.2, -0.15) is 0 Å². The molecule has 2 amide bonds. The quantitative estimate of drug-likeness (QED) is 0.125. The molecule has 0 unspecified atom stereocenters. The molecule has 10 nitrogen and oxygen atoms in total. The van der Waals surface area contributed by atoms with Gasteiger partial charge in [-0.25, -0.2) is 4.79 Å². The van der Waals surface area contributed by atoms with Crippen molar-refractivity contribution in [3.8, 4) is 0 Å². The summed E-state index contributed by atoms with van der Waals surface area (Å²) in [6.45, 7) is 5.31. The number of nitrogens with one attached hydrogen (secondary N) is 4. The van der Waals surface area contributed by atoms with Crippen LogP contribution in [0.25, 0.3) is 0 Å². The fourth-order valence-electron chi connectivity index (χ4n) is 3.13. The Morgan fingerprint density at radius 1 is 1.15 bits per heavy atom. The number of esters is 1. The minimum atomic E-state index is -1.04. The number of aryl methyl sites for hydroxylation is 1. The lowest BCUT2D eigenvalue weighted by Gasteiger charge is -2.24. The van der Waals surface area contributed by atoms with Crippen molar-refractivity contribution in [1.29, 1.82) is 5.41 Å². The number of aromatic nitrogens is 1. The topological polar surface area (TPSA) is 142 Å². The fourth-order valence-corrected chi connectivity index (χ4v) is 3.48. The minimum absolute atomic E-state index is 0.0169. The van der Waals surface area contributed by atoms with E-state index < -0.39 is 35.8 Å². The van der Waals surface area contributed by atoms with Crippen LogP contribution in [0.1, 0.15) is 58.6 Å². The van der Waals surface area contributed by atoms with Crippen molar-refractivity contribution < 1.29 is 23.9 Å². The van der Waals surface area contributed by atoms with Crippen LogP contribution in [0.15, 0.2) is 18.3 Å². The van der Waals surface area contributed by atoms with Crippen LogP contribution >= 0.6 is 12.2 Å². The van der Waals surface area contributed by atoms with Gasteiger partial charge in [-0.15, -0.1) is 0 Å². The van der Waals surface area contributed by atoms with Crippen LogP contribution in [0.5, 0.6) is 0 Å². The first kappa shape index (κ1) is 29.0. The summed E-state index contributed by atoms with van der Waals surface area (Å²) in [5, 5.41) is 15.5. The summed E-state index contributed by atoms with van der Waals surface area (Å²) in [6, 6.07) is 1.88. The maximum absolute atomic E-state index is 13.2. The highest BCUT2D eigenvalue weighted by Gasteiger charge is 2.28.